The van der Waals surface area contributed by atoms with Gasteiger partial charge in [0.05, 0.1) is 18.0 Å². The minimum Gasteiger partial charge on any atom is -0.325 e. The number of benzene rings is 1. The molecular weight excluding hydrogens is 305 g/mol. The number of halogens is 4. The SMILES string of the molecule is Cc1cc(F)ccc1S(=O)(=O)NCC(F)(F)CN.Cl. The molecule has 9 heteroatoms. The van der Waals surface area contributed by atoms with Gasteiger partial charge in [-0.25, -0.2) is 26.3 Å². The molecule has 4 nitrogen and oxygen atoms in total. The quantitative estimate of drug-likeness (QED) is 0.862. The summed E-state index contributed by atoms with van der Waals surface area (Å²) >= 11 is 0. The molecule has 110 valence electrons. The van der Waals surface area contributed by atoms with Gasteiger partial charge in [-0.1, -0.05) is 0 Å². The molecule has 3 N–H and O–H groups in total. The highest BCUT2D eigenvalue weighted by molar-refractivity contribution is 7.89. The summed E-state index contributed by atoms with van der Waals surface area (Å²) in [5.74, 6) is -3.92. The Bertz CT molecular complexity index is 538. The van der Waals surface area contributed by atoms with Crippen LogP contribution in [0.15, 0.2) is 23.1 Å². The summed E-state index contributed by atoms with van der Waals surface area (Å²) in [6.45, 7) is -0.681. The van der Waals surface area contributed by atoms with Crippen LogP contribution in [0.1, 0.15) is 5.56 Å². The monoisotopic (exact) mass is 318 g/mol. The van der Waals surface area contributed by atoms with Crippen molar-refractivity contribution in [2.45, 2.75) is 17.7 Å². The van der Waals surface area contributed by atoms with Gasteiger partial charge in [0.15, 0.2) is 0 Å². The number of nitrogens with two attached hydrogens (primary N) is 1. The molecule has 0 aromatic heterocycles. The molecule has 0 fully saturated rings. The van der Waals surface area contributed by atoms with E-state index in [0.717, 1.165) is 18.2 Å². The molecule has 0 bridgehead atoms. The Hall–Kier alpha value is -0.830. The molecule has 0 saturated carbocycles. The van der Waals surface area contributed by atoms with Crippen molar-refractivity contribution in [3.05, 3.63) is 29.6 Å². The molecule has 1 aromatic rings. The second-order valence-electron chi connectivity index (χ2n) is 3.79. The zero-order chi connectivity index (χ0) is 14.0. The number of rotatable bonds is 5. The summed E-state index contributed by atoms with van der Waals surface area (Å²) in [6.07, 6.45) is 0. The summed E-state index contributed by atoms with van der Waals surface area (Å²) in [5, 5.41) is 0. The Labute approximate surface area is 115 Å². The van der Waals surface area contributed by atoms with Crippen molar-refractivity contribution in [2.75, 3.05) is 13.1 Å². The highest BCUT2D eigenvalue weighted by Gasteiger charge is 2.29. The van der Waals surface area contributed by atoms with Gasteiger partial charge >= 0.3 is 0 Å². The Balaban J connectivity index is 0.00000324. The normalized spacial score (nSPS) is 12.1. The molecule has 1 rings (SSSR count). The summed E-state index contributed by atoms with van der Waals surface area (Å²) in [6, 6.07) is 2.98. The van der Waals surface area contributed by atoms with E-state index in [1.54, 1.807) is 4.72 Å². The van der Waals surface area contributed by atoms with Crippen LogP contribution in [0.2, 0.25) is 0 Å². The standard InChI is InChI=1S/C10H13F3N2O2S.ClH/c1-7-4-8(11)2-3-9(7)18(16,17)15-6-10(12,13)5-14;/h2-4,15H,5-6,14H2,1H3;1H. The van der Waals surface area contributed by atoms with Crippen molar-refractivity contribution in [1.82, 2.24) is 4.72 Å². The third-order valence-corrected chi connectivity index (χ3v) is 3.81. The summed E-state index contributed by atoms with van der Waals surface area (Å²) in [5.41, 5.74) is 4.93. The second kappa shape index (κ2) is 6.56. The van der Waals surface area contributed by atoms with Gasteiger partial charge in [0.25, 0.3) is 5.92 Å². The van der Waals surface area contributed by atoms with Crippen LogP contribution in [-0.2, 0) is 10.0 Å². The van der Waals surface area contributed by atoms with Crippen LogP contribution < -0.4 is 10.5 Å². The predicted octanol–water partition coefficient (Wildman–Crippen LogP) is 1.43. The number of hydrogen-bond donors (Lipinski definition) is 2. The molecule has 0 amide bonds. The van der Waals surface area contributed by atoms with Crippen LogP contribution in [0, 0.1) is 12.7 Å². The fraction of sp³-hybridized carbons (Fsp3) is 0.400. The molecule has 0 aliphatic rings. The number of sulfonamides is 1. The largest absolute Gasteiger partial charge is 0.325 e. The lowest BCUT2D eigenvalue weighted by molar-refractivity contribution is 0.0170. The first-order chi connectivity index (χ1) is 8.18. The maximum absolute atomic E-state index is 12.9. The topological polar surface area (TPSA) is 72.2 Å². The molecule has 1 aromatic carbocycles. The summed E-state index contributed by atoms with van der Waals surface area (Å²) in [4.78, 5) is -0.239. The van der Waals surface area contributed by atoms with Gasteiger partial charge in [-0.3, -0.25) is 0 Å². The first-order valence-corrected chi connectivity index (χ1v) is 6.50. The highest BCUT2D eigenvalue weighted by Crippen LogP contribution is 2.17. The minimum atomic E-state index is -4.10. The van der Waals surface area contributed by atoms with Gasteiger partial charge in [-0.05, 0) is 30.7 Å². The van der Waals surface area contributed by atoms with Crippen molar-refractivity contribution < 1.29 is 21.6 Å². The number of nitrogens with one attached hydrogen (secondary N) is 1. The minimum absolute atomic E-state index is 0. The van der Waals surface area contributed by atoms with Crippen molar-refractivity contribution in [3.63, 3.8) is 0 Å². The molecule has 0 aliphatic carbocycles. The van der Waals surface area contributed by atoms with Crippen molar-refractivity contribution in [3.8, 4) is 0 Å². The van der Waals surface area contributed by atoms with E-state index in [-0.39, 0.29) is 22.9 Å². The third-order valence-electron chi connectivity index (χ3n) is 2.25. The number of hydrogen-bond acceptors (Lipinski definition) is 3. The third kappa shape index (κ3) is 4.98. The highest BCUT2D eigenvalue weighted by atomic mass is 35.5. The van der Waals surface area contributed by atoms with Crippen LogP contribution in [0.25, 0.3) is 0 Å². The first kappa shape index (κ1) is 18.2. The van der Waals surface area contributed by atoms with Gasteiger partial charge in [0.2, 0.25) is 10.0 Å². The molecule has 0 atom stereocenters. The maximum atomic E-state index is 12.9. The van der Waals surface area contributed by atoms with Crippen molar-refractivity contribution >= 4 is 22.4 Å². The summed E-state index contributed by atoms with van der Waals surface area (Å²) in [7, 11) is -4.10. The van der Waals surface area contributed by atoms with Crippen LogP contribution in [0.3, 0.4) is 0 Å². The van der Waals surface area contributed by atoms with E-state index in [1.807, 2.05) is 0 Å². The van der Waals surface area contributed by atoms with Crippen LogP contribution >= 0.6 is 12.4 Å². The molecule has 0 aliphatic heterocycles. The zero-order valence-corrected chi connectivity index (χ0v) is 11.6. The van der Waals surface area contributed by atoms with Crippen LogP contribution in [0.4, 0.5) is 13.2 Å². The van der Waals surface area contributed by atoms with Crippen LogP contribution in [0.5, 0.6) is 0 Å². The fourth-order valence-corrected chi connectivity index (χ4v) is 2.55. The molecule has 0 radical (unpaired) electrons. The maximum Gasteiger partial charge on any atom is 0.273 e. The Kier molecular flexibility index (Phi) is 6.27. The van der Waals surface area contributed by atoms with Crippen LogP contribution in [-0.4, -0.2) is 27.4 Å². The Morgan fingerprint density at radius 1 is 1.37 bits per heavy atom. The van der Waals surface area contributed by atoms with E-state index < -0.39 is 34.9 Å². The van der Waals surface area contributed by atoms with Gasteiger partial charge in [-0.15, -0.1) is 12.4 Å². The molecule has 0 heterocycles. The lowest BCUT2D eigenvalue weighted by atomic mass is 10.2. The molecule has 0 unspecified atom stereocenters. The van der Waals surface area contributed by atoms with E-state index in [1.165, 1.54) is 6.92 Å². The van der Waals surface area contributed by atoms with Gasteiger partial charge < -0.3 is 5.73 Å². The molecule has 0 spiro atoms. The zero-order valence-electron chi connectivity index (χ0n) is 9.99. The van der Waals surface area contributed by atoms with Gasteiger partial charge in [-0.2, -0.15) is 0 Å². The molecule has 0 saturated heterocycles. The Morgan fingerprint density at radius 2 is 1.95 bits per heavy atom. The van der Waals surface area contributed by atoms with E-state index in [4.69, 9.17) is 5.73 Å². The van der Waals surface area contributed by atoms with Gasteiger partial charge in [0, 0.05) is 0 Å². The summed E-state index contributed by atoms with van der Waals surface area (Å²) < 4.78 is 63.7. The van der Waals surface area contributed by atoms with Crippen molar-refractivity contribution in [2.24, 2.45) is 5.73 Å². The van der Waals surface area contributed by atoms with E-state index >= 15 is 0 Å². The number of aryl methyl sites for hydroxylation is 1. The van der Waals surface area contributed by atoms with Crippen molar-refractivity contribution in [1.29, 1.82) is 0 Å². The second-order valence-corrected chi connectivity index (χ2v) is 5.53. The first-order valence-electron chi connectivity index (χ1n) is 5.02. The van der Waals surface area contributed by atoms with E-state index in [9.17, 15) is 21.6 Å². The van der Waals surface area contributed by atoms with E-state index in [2.05, 4.69) is 0 Å². The number of alkyl halides is 2. The lowest BCUT2D eigenvalue weighted by Crippen LogP contribution is -2.41. The molecule has 19 heavy (non-hydrogen) atoms. The smallest absolute Gasteiger partial charge is 0.273 e. The lowest BCUT2D eigenvalue weighted by Gasteiger charge is -2.15. The predicted molar refractivity (Wildman–Crippen MR) is 67.6 cm³/mol. The average molecular weight is 319 g/mol. The fourth-order valence-electron chi connectivity index (χ4n) is 1.26. The van der Waals surface area contributed by atoms with E-state index in [0.29, 0.717) is 0 Å². The molecular formula is C10H14ClF3N2O2S. The average Bonchev–Trinajstić information content (AvgIpc) is 2.26. The Morgan fingerprint density at radius 3 is 2.42 bits per heavy atom. The van der Waals surface area contributed by atoms with Gasteiger partial charge in [0.1, 0.15) is 5.82 Å².